The van der Waals surface area contributed by atoms with E-state index in [0.717, 1.165) is 5.56 Å². The lowest BCUT2D eigenvalue weighted by Crippen LogP contribution is -1.96. The highest BCUT2D eigenvalue weighted by molar-refractivity contribution is 6.30. The van der Waals surface area contributed by atoms with E-state index < -0.39 is 0 Å². The fraction of sp³-hybridized carbons (Fsp3) is 0.200. The van der Waals surface area contributed by atoms with Crippen LogP contribution in [0.25, 0.3) is 0 Å². The summed E-state index contributed by atoms with van der Waals surface area (Å²) in [6.45, 7) is 0. The third-order valence-corrected chi connectivity index (χ3v) is 3.54. The van der Waals surface area contributed by atoms with Crippen molar-refractivity contribution < 1.29 is 4.39 Å². The van der Waals surface area contributed by atoms with E-state index in [0.29, 0.717) is 23.4 Å². The number of halogens is 3. The van der Waals surface area contributed by atoms with Crippen LogP contribution in [0.3, 0.4) is 0 Å². The van der Waals surface area contributed by atoms with E-state index in [1.165, 1.54) is 6.07 Å². The van der Waals surface area contributed by atoms with E-state index >= 15 is 0 Å². The number of rotatable bonds is 4. The molecule has 1 unspecified atom stereocenters. The zero-order chi connectivity index (χ0) is 13.0. The van der Waals surface area contributed by atoms with Crippen molar-refractivity contribution in [3.63, 3.8) is 0 Å². The SMILES string of the molecule is Fc1ccc(Cl)cc1CCC(Cl)c1ccccc1. The molecule has 2 rings (SSSR count). The monoisotopic (exact) mass is 282 g/mol. The number of hydrogen-bond donors (Lipinski definition) is 0. The van der Waals surface area contributed by atoms with E-state index in [1.54, 1.807) is 12.1 Å². The predicted molar refractivity (Wildman–Crippen MR) is 74.8 cm³/mol. The van der Waals surface area contributed by atoms with Crippen molar-refractivity contribution in [2.45, 2.75) is 18.2 Å². The molecule has 0 aliphatic carbocycles. The van der Waals surface area contributed by atoms with Crippen molar-refractivity contribution in [1.82, 2.24) is 0 Å². The molecular weight excluding hydrogens is 270 g/mol. The van der Waals surface area contributed by atoms with Crippen molar-refractivity contribution in [2.75, 3.05) is 0 Å². The van der Waals surface area contributed by atoms with Crippen molar-refractivity contribution in [1.29, 1.82) is 0 Å². The van der Waals surface area contributed by atoms with E-state index in [9.17, 15) is 4.39 Å². The topological polar surface area (TPSA) is 0 Å². The second-order valence-corrected chi connectivity index (χ2v) is 5.12. The minimum atomic E-state index is -0.226. The first kappa shape index (κ1) is 13.4. The van der Waals surface area contributed by atoms with Gasteiger partial charge in [0.25, 0.3) is 0 Å². The molecule has 0 aliphatic heterocycles. The number of alkyl halides is 1. The number of benzene rings is 2. The Balaban J connectivity index is 2.01. The van der Waals surface area contributed by atoms with Crippen LogP contribution in [0, 0.1) is 5.82 Å². The van der Waals surface area contributed by atoms with Crippen molar-refractivity contribution >= 4 is 23.2 Å². The van der Waals surface area contributed by atoms with Crippen LogP contribution >= 0.6 is 23.2 Å². The lowest BCUT2D eigenvalue weighted by atomic mass is 10.0. The molecule has 0 spiro atoms. The molecule has 3 heteroatoms. The van der Waals surface area contributed by atoms with Gasteiger partial charge in [-0.25, -0.2) is 4.39 Å². The molecule has 2 aromatic carbocycles. The molecule has 2 aromatic rings. The summed E-state index contributed by atoms with van der Waals surface area (Å²) < 4.78 is 13.5. The molecule has 94 valence electrons. The van der Waals surface area contributed by atoms with Gasteiger partial charge in [0.05, 0.1) is 5.38 Å². The van der Waals surface area contributed by atoms with Gasteiger partial charge in [0.1, 0.15) is 5.82 Å². The molecule has 0 N–H and O–H groups in total. The molecule has 0 nitrogen and oxygen atoms in total. The molecule has 0 fully saturated rings. The second-order valence-electron chi connectivity index (χ2n) is 4.15. The van der Waals surface area contributed by atoms with Gasteiger partial charge in [0, 0.05) is 5.02 Å². The normalized spacial score (nSPS) is 12.4. The van der Waals surface area contributed by atoms with E-state index in [4.69, 9.17) is 23.2 Å². The van der Waals surface area contributed by atoms with Crippen LogP contribution < -0.4 is 0 Å². The Morgan fingerprint density at radius 1 is 1.06 bits per heavy atom. The summed E-state index contributed by atoms with van der Waals surface area (Å²) >= 11 is 12.1. The van der Waals surface area contributed by atoms with Gasteiger partial charge in [-0.15, -0.1) is 11.6 Å². The highest BCUT2D eigenvalue weighted by Gasteiger charge is 2.10. The Kier molecular flexibility index (Phi) is 4.62. The lowest BCUT2D eigenvalue weighted by Gasteiger charge is -2.10. The number of hydrogen-bond acceptors (Lipinski definition) is 0. The maximum Gasteiger partial charge on any atom is 0.126 e. The molecule has 0 amide bonds. The zero-order valence-corrected chi connectivity index (χ0v) is 11.3. The summed E-state index contributed by atoms with van der Waals surface area (Å²) in [5, 5.41) is 0.446. The van der Waals surface area contributed by atoms with Crippen LogP contribution in [0.1, 0.15) is 22.9 Å². The highest BCUT2D eigenvalue weighted by atomic mass is 35.5. The van der Waals surface area contributed by atoms with Crippen LogP contribution in [0.15, 0.2) is 48.5 Å². The molecule has 0 saturated heterocycles. The molecule has 0 saturated carbocycles. The first-order valence-electron chi connectivity index (χ1n) is 5.80. The molecule has 0 bridgehead atoms. The van der Waals surface area contributed by atoms with Gasteiger partial charge < -0.3 is 0 Å². The predicted octanol–water partition coefficient (Wildman–Crippen LogP) is 5.39. The fourth-order valence-corrected chi connectivity index (χ4v) is 2.29. The molecule has 18 heavy (non-hydrogen) atoms. The minimum Gasteiger partial charge on any atom is -0.207 e. The smallest absolute Gasteiger partial charge is 0.126 e. The van der Waals surface area contributed by atoms with Crippen molar-refractivity contribution in [3.8, 4) is 0 Å². The third kappa shape index (κ3) is 3.47. The van der Waals surface area contributed by atoms with Crippen molar-refractivity contribution in [2.24, 2.45) is 0 Å². The standard InChI is InChI=1S/C15H13Cl2F/c16-13-7-9-15(18)12(10-13)6-8-14(17)11-4-2-1-3-5-11/h1-5,7,9-10,14H,6,8H2. The van der Waals surface area contributed by atoms with Crippen LogP contribution in [0.5, 0.6) is 0 Å². The first-order valence-corrected chi connectivity index (χ1v) is 6.61. The Labute approximate surface area is 116 Å². The fourth-order valence-electron chi connectivity index (χ4n) is 1.85. The zero-order valence-electron chi connectivity index (χ0n) is 9.74. The maximum absolute atomic E-state index is 13.5. The second kappa shape index (κ2) is 6.21. The summed E-state index contributed by atoms with van der Waals surface area (Å²) in [6, 6.07) is 14.4. The molecule has 0 aliphatic rings. The van der Waals surface area contributed by atoms with Crippen LogP contribution in [0.4, 0.5) is 4.39 Å². The van der Waals surface area contributed by atoms with Crippen LogP contribution in [0.2, 0.25) is 5.02 Å². The van der Waals surface area contributed by atoms with E-state index in [-0.39, 0.29) is 11.2 Å². The Morgan fingerprint density at radius 3 is 2.50 bits per heavy atom. The van der Waals surface area contributed by atoms with Crippen LogP contribution in [-0.2, 0) is 6.42 Å². The Hall–Kier alpha value is -1.05. The maximum atomic E-state index is 13.5. The lowest BCUT2D eigenvalue weighted by molar-refractivity contribution is 0.603. The average molecular weight is 283 g/mol. The first-order chi connectivity index (χ1) is 8.66. The quantitative estimate of drug-likeness (QED) is 0.660. The van der Waals surface area contributed by atoms with E-state index in [1.807, 2.05) is 30.3 Å². The summed E-state index contributed by atoms with van der Waals surface area (Å²) in [5.41, 5.74) is 1.67. The van der Waals surface area contributed by atoms with Gasteiger partial charge in [-0.3, -0.25) is 0 Å². The van der Waals surface area contributed by atoms with Crippen molar-refractivity contribution in [3.05, 3.63) is 70.5 Å². The average Bonchev–Trinajstić information content (AvgIpc) is 2.40. The summed E-state index contributed by atoms with van der Waals surface area (Å²) in [7, 11) is 0. The summed E-state index contributed by atoms with van der Waals surface area (Å²) in [6.07, 6.45) is 1.26. The Morgan fingerprint density at radius 2 is 1.78 bits per heavy atom. The van der Waals surface area contributed by atoms with Crippen LogP contribution in [-0.4, -0.2) is 0 Å². The van der Waals surface area contributed by atoms with Gasteiger partial charge in [-0.1, -0.05) is 41.9 Å². The van der Waals surface area contributed by atoms with Gasteiger partial charge >= 0.3 is 0 Å². The van der Waals surface area contributed by atoms with Gasteiger partial charge in [-0.2, -0.15) is 0 Å². The summed E-state index contributed by atoms with van der Waals surface area (Å²) in [4.78, 5) is 0. The highest BCUT2D eigenvalue weighted by Crippen LogP contribution is 2.26. The molecule has 0 radical (unpaired) electrons. The largest absolute Gasteiger partial charge is 0.207 e. The molecular formula is C15H13Cl2F. The molecule has 0 heterocycles. The minimum absolute atomic E-state index is 0.107. The third-order valence-electron chi connectivity index (χ3n) is 2.84. The summed E-state index contributed by atoms with van der Waals surface area (Å²) in [5.74, 6) is -0.226. The van der Waals surface area contributed by atoms with Gasteiger partial charge in [-0.05, 0) is 42.2 Å². The Bertz CT molecular complexity index is 511. The van der Waals surface area contributed by atoms with E-state index in [2.05, 4.69) is 0 Å². The van der Waals surface area contributed by atoms with Gasteiger partial charge in [0.2, 0.25) is 0 Å². The number of aryl methyl sites for hydroxylation is 1. The van der Waals surface area contributed by atoms with Gasteiger partial charge in [0.15, 0.2) is 0 Å². The molecule has 0 aromatic heterocycles. The molecule has 1 atom stereocenters.